The molecule has 3 aromatic rings. The van der Waals surface area contributed by atoms with Crippen LogP contribution in [0.1, 0.15) is 18.2 Å². The number of hydrogen-bond acceptors (Lipinski definition) is 5. The van der Waals surface area contributed by atoms with Crippen LogP contribution in [-0.2, 0) is 12.3 Å². The summed E-state index contributed by atoms with van der Waals surface area (Å²) in [6.07, 6.45) is 0. The minimum atomic E-state index is -0.0243. The Bertz CT molecular complexity index is 977. The lowest BCUT2D eigenvalue weighted by atomic mass is 10.2. The first-order valence-electron chi connectivity index (χ1n) is 7.77. The van der Waals surface area contributed by atoms with Gasteiger partial charge in [-0.05, 0) is 37.6 Å². The molecule has 7 heteroatoms. The van der Waals surface area contributed by atoms with E-state index in [-0.39, 0.29) is 12.4 Å². The molecular weight excluding hydrogens is 326 g/mol. The Morgan fingerprint density at radius 1 is 1.29 bits per heavy atom. The zero-order chi connectivity index (χ0) is 16.7. The average molecular weight is 343 g/mol. The van der Waals surface area contributed by atoms with Gasteiger partial charge in [-0.25, -0.2) is 4.98 Å². The maximum Gasteiger partial charge on any atom is 0.278 e. The highest BCUT2D eigenvalue weighted by atomic mass is 32.2. The van der Waals surface area contributed by atoms with E-state index in [0.29, 0.717) is 17.8 Å². The van der Waals surface area contributed by atoms with E-state index in [1.165, 1.54) is 0 Å². The third kappa shape index (κ3) is 2.54. The van der Waals surface area contributed by atoms with Crippen LogP contribution in [0.3, 0.4) is 0 Å². The Labute approximate surface area is 142 Å². The van der Waals surface area contributed by atoms with Crippen molar-refractivity contribution in [2.75, 3.05) is 6.79 Å². The van der Waals surface area contributed by atoms with Crippen molar-refractivity contribution < 1.29 is 9.47 Å². The van der Waals surface area contributed by atoms with Crippen molar-refractivity contribution >= 4 is 22.8 Å². The molecule has 24 heavy (non-hydrogen) atoms. The molecule has 0 bridgehead atoms. The van der Waals surface area contributed by atoms with Crippen molar-refractivity contribution in [1.82, 2.24) is 14.5 Å². The smallest absolute Gasteiger partial charge is 0.278 e. The normalized spacial score (nSPS) is 12.9. The van der Waals surface area contributed by atoms with Gasteiger partial charge in [0.25, 0.3) is 5.56 Å². The molecular formula is C17H17N3O3S. The van der Waals surface area contributed by atoms with Crippen LogP contribution < -0.4 is 15.0 Å². The molecule has 1 N–H and O–H groups in total. The van der Waals surface area contributed by atoms with E-state index in [0.717, 1.165) is 33.4 Å². The van der Waals surface area contributed by atoms with Crippen LogP contribution in [0.4, 0.5) is 0 Å². The maximum absolute atomic E-state index is 12.6. The van der Waals surface area contributed by atoms with Gasteiger partial charge in [0.1, 0.15) is 5.52 Å². The molecule has 0 unspecified atom stereocenters. The molecule has 0 fully saturated rings. The fourth-order valence-electron chi connectivity index (χ4n) is 2.78. The van der Waals surface area contributed by atoms with Gasteiger partial charge >= 0.3 is 0 Å². The second-order valence-electron chi connectivity index (χ2n) is 5.63. The van der Waals surface area contributed by atoms with Crippen LogP contribution in [0.5, 0.6) is 11.5 Å². The Kier molecular flexibility index (Phi) is 3.72. The molecule has 3 heterocycles. The van der Waals surface area contributed by atoms with Crippen molar-refractivity contribution in [3.8, 4) is 11.5 Å². The Balaban J connectivity index is 1.65. The molecule has 4 rings (SSSR count). The van der Waals surface area contributed by atoms with Gasteiger partial charge in [-0.1, -0.05) is 17.8 Å². The molecule has 124 valence electrons. The number of ether oxygens (including phenoxy) is 2. The quantitative estimate of drug-likeness (QED) is 0.582. The summed E-state index contributed by atoms with van der Waals surface area (Å²) in [5, 5.41) is 0.728. The lowest BCUT2D eigenvalue weighted by Crippen LogP contribution is -2.22. The largest absolute Gasteiger partial charge is 0.454 e. The molecule has 1 aromatic carbocycles. The lowest BCUT2D eigenvalue weighted by Gasteiger charge is -2.10. The van der Waals surface area contributed by atoms with E-state index in [2.05, 4.69) is 9.97 Å². The van der Waals surface area contributed by atoms with E-state index >= 15 is 0 Å². The molecule has 0 aliphatic carbocycles. The molecule has 0 saturated carbocycles. The molecule has 1 aliphatic rings. The van der Waals surface area contributed by atoms with Gasteiger partial charge in [0.15, 0.2) is 16.7 Å². The second kappa shape index (κ2) is 5.90. The molecule has 1 aliphatic heterocycles. The minimum absolute atomic E-state index is 0.0243. The topological polar surface area (TPSA) is 69.1 Å². The summed E-state index contributed by atoms with van der Waals surface area (Å²) in [5.74, 6) is 2.25. The third-order valence-corrected chi connectivity index (χ3v) is 5.01. The number of nitrogens with zero attached hydrogens (tertiary/aromatic N) is 2. The highest BCUT2D eigenvalue weighted by Gasteiger charge is 2.15. The predicted molar refractivity (Wildman–Crippen MR) is 92.9 cm³/mol. The van der Waals surface area contributed by atoms with Gasteiger partial charge in [-0.3, -0.25) is 9.36 Å². The highest BCUT2D eigenvalue weighted by molar-refractivity contribution is 7.98. The Morgan fingerprint density at radius 3 is 2.96 bits per heavy atom. The Morgan fingerprint density at radius 2 is 2.12 bits per heavy atom. The summed E-state index contributed by atoms with van der Waals surface area (Å²) in [7, 11) is 0. The molecule has 0 amide bonds. The van der Waals surface area contributed by atoms with E-state index < -0.39 is 0 Å². The van der Waals surface area contributed by atoms with Gasteiger partial charge in [-0.15, -0.1) is 0 Å². The molecule has 0 radical (unpaired) electrons. The second-order valence-corrected chi connectivity index (χ2v) is 6.58. The van der Waals surface area contributed by atoms with Crippen LogP contribution in [0.2, 0.25) is 0 Å². The molecule has 0 atom stereocenters. The van der Waals surface area contributed by atoms with Crippen molar-refractivity contribution in [1.29, 1.82) is 0 Å². The highest BCUT2D eigenvalue weighted by Crippen LogP contribution is 2.34. The van der Waals surface area contributed by atoms with Crippen LogP contribution in [-0.4, -0.2) is 21.3 Å². The van der Waals surface area contributed by atoms with E-state index in [9.17, 15) is 4.79 Å². The van der Waals surface area contributed by atoms with Gasteiger partial charge in [0, 0.05) is 18.0 Å². The molecule has 0 spiro atoms. The van der Waals surface area contributed by atoms with Crippen LogP contribution in [0.15, 0.2) is 34.2 Å². The first-order valence-corrected chi connectivity index (χ1v) is 8.75. The van der Waals surface area contributed by atoms with Crippen molar-refractivity contribution in [3.05, 3.63) is 45.9 Å². The third-order valence-electron chi connectivity index (χ3n) is 3.96. The number of rotatable bonds is 4. The fraction of sp³-hybridized carbons (Fsp3) is 0.294. The number of aromatic nitrogens is 3. The number of aromatic amines is 1. The van der Waals surface area contributed by atoms with Crippen LogP contribution in [0.25, 0.3) is 11.0 Å². The maximum atomic E-state index is 12.6. The van der Waals surface area contributed by atoms with Gasteiger partial charge < -0.3 is 14.5 Å². The summed E-state index contributed by atoms with van der Waals surface area (Å²) in [4.78, 5) is 20.3. The number of benzene rings is 1. The van der Waals surface area contributed by atoms with Crippen molar-refractivity contribution in [3.63, 3.8) is 0 Å². The van der Waals surface area contributed by atoms with Crippen LogP contribution >= 0.6 is 11.8 Å². The predicted octanol–water partition coefficient (Wildman–Crippen LogP) is 3.07. The average Bonchev–Trinajstić information content (AvgIpc) is 3.18. The number of nitrogens with one attached hydrogen (secondary N) is 1. The van der Waals surface area contributed by atoms with Gasteiger partial charge in [0.05, 0.1) is 5.52 Å². The van der Waals surface area contributed by atoms with Gasteiger partial charge in [-0.2, -0.15) is 0 Å². The summed E-state index contributed by atoms with van der Waals surface area (Å²) in [6, 6.07) is 7.80. The summed E-state index contributed by atoms with van der Waals surface area (Å²) in [6.45, 7) is 4.74. The zero-order valence-electron chi connectivity index (χ0n) is 13.5. The number of aryl methyl sites for hydroxylation is 1. The SMILES string of the molecule is CCn1c(SCc2ccc3c(c2)OCO3)nc2cc(C)[nH]c2c1=O. The number of thioether (sulfide) groups is 1. The zero-order valence-corrected chi connectivity index (χ0v) is 14.3. The van der Waals surface area contributed by atoms with Crippen molar-refractivity contribution in [2.45, 2.75) is 31.3 Å². The number of hydrogen-bond donors (Lipinski definition) is 1. The van der Waals surface area contributed by atoms with Crippen LogP contribution in [0, 0.1) is 6.92 Å². The number of H-pyrrole nitrogens is 1. The standard InChI is InChI=1S/C17H17N3O3S/c1-3-20-16(21)15-12(6-10(2)18-15)19-17(20)24-8-11-4-5-13-14(7-11)23-9-22-13/h4-7,18H,3,8-9H2,1-2H3. The molecule has 0 saturated heterocycles. The fourth-order valence-corrected chi connectivity index (χ4v) is 3.78. The Hall–Kier alpha value is -2.41. The number of fused-ring (bicyclic) bond motifs is 2. The van der Waals surface area contributed by atoms with Crippen molar-refractivity contribution in [2.24, 2.45) is 0 Å². The summed E-state index contributed by atoms with van der Waals surface area (Å²) >= 11 is 1.55. The molecule has 2 aromatic heterocycles. The molecule has 6 nitrogen and oxygen atoms in total. The van der Waals surface area contributed by atoms with E-state index in [1.807, 2.05) is 38.1 Å². The lowest BCUT2D eigenvalue weighted by molar-refractivity contribution is 0.174. The first-order chi connectivity index (χ1) is 11.7. The van der Waals surface area contributed by atoms with E-state index in [4.69, 9.17) is 9.47 Å². The first kappa shape index (κ1) is 15.1. The minimum Gasteiger partial charge on any atom is -0.454 e. The summed E-state index contributed by atoms with van der Waals surface area (Å²) < 4.78 is 12.4. The summed E-state index contributed by atoms with van der Waals surface area (Å²) in [5.41, 5.74) is 3.31. The van der Waals surface area contributed by atoms with Gasteiger partial charge in [0.2, 0.25) is 6.79 Å². The van der Waals surface area contributed by atoms with E-state index in [1.54, 1.807) is 16.3 Å². The monoisotopic (exact) mass is 343 g/mol.